The first kappa shape index (κ1) is 32.7. The molecule has 218 valence electrons. The summed E-state index contributed by atoms with van der Waals surface area (Å²) in [5, 5.41) is 10.8. The number of hydrogen-bond donors (Lipinski definition) is 0. The summed E-state index contributed by atoms with van der Waals surface area (Å²) in [7, 11) is -3.65. The number of non-ortho nitro benzene ring substituents is 1. The van der Waals surface area contributed by atoms with Crippen molar-refractivity contribution in [1.82, 2.24) is 4.57 Å². The number of benzene rings is 1. The van der Waals surface area contributed by atoms with Crippen LogP contribution in [-0.4, -0.2) is 57.6 Å². The van der Waals surface area contributed by atoms with E-state index in [1.165, 1.54) is 24.3 Å². The largest absolute Gasteiger partial charge is 0.508 e. The van der Waals surface area contributed by atoms with Crippen LogP contribution in [0.1, 0.15) is 60.5 Å². The van der Waals surface area contributed by atoms with Gasteiger partial charge in [0.1, 0.15) is 13.2 Å². The van der Waals surface area contributed by atoms with Gasteiger partial charge in [0.05, 0.1) is 17.1 Å². The maximum Gasteiger partial charge on any atom is 0.508 e. The highest BCUT2D eigenvalue weighted by molar-refractivity contribution is 6.80. The summed E-state index contributed by atoms with van der Waals surface area (Å²) >= 11 is 0. The molecule has 1 aliphatic heterocycles. The van der Waals surface area contributed by atoms with Gasteiger partial charge < -0.3 is 18.5 Å². The molecule has 1 fully saturated rings. The van der Waals surface area contributed by atoms with Crippen molar-refractivity contribution in [3.05, 3.63) is 51.1 Å². The van der Waals surface area contributed by atoms with E-state index in [4.69, 9.17) is 13.9 Å². The number of carbonyl (C=O) groups excluding carboxylic acids is 2. The number of nitro benzene ring substituents is 1. The van der Waals surface area contributed by atoms with E-state index in [1.54, 1.807) is 0 Å². The first-order valence-electron chi connectivity index (χ1n) is 13.5. The molecule has 39 heavy (non-hydrogen) atoms. The molecule has 9 nitrogen and oxygen atoms in total. The Hall–Kier alpha value is -2.51. The lowest BCUT2D eigenvalue weighted by Gasteiger charge is -2.58. The third-order valence-corrected chi connectivity index (χ3v) is 13.7. The average Bonchev–Trinajstić information content (AvgIpc) is 2.77. The highest BCUT2D eigenvalue weighted by Gasteiger charge is 2.57. The van der Waals surface area contributed by atoms with Gasteiger partial charge in [-0.25, -0.2) is 4.79 Å². The Labute approximate surface area is 235 Å². The Morgan fingerprint density at radius 2 is 1.67 bits per heavy atom. The van der Waals surface area contributed by atoms with Crippen LogP contribution in [0.3, 0.4) is 0 Å². The summed E-state index contributed by atoms with van der Waals surface area (Å²) in [5.74, 6) is -0.000120. The molecule has 0 aromatic heterocycles. The van der Waals surface area contributed by atoms with E-state index in [-0.39, 0.29) is 47.4 Å². The Morgan fingerprint density at radius 3 is 2.13 bits per heavy atom. The first-order chi connectivity index (χ1) is 17.8. The lowest BCUT2D eigenvalue weighted by atomic mass is 9.81. The number of nitrogens with zero attached hydrogens (tertiary/aromatic N) is 2. The molecule has 1 heterocycles. The van der Waals surface area contributed by atoms with Crippen LogP contribution in [0.15, 0.2) is 35.4 Å². The van der Waals surface area contributed by atoms with Gasteiger partial charge in [0, 0.05) is 17.7 Å². The van der Waals surface area contributed by atoms with Gasteiger partial charge in [-0.2, -0.15) is 0 Å². The monoisotopic (exact) mass is 578 g/mol. The second-order valence-electron chi connectivity index (χ2n) is 13.4. The van der Waals surface area contributed by atoms with Crippen molar-refractivity contribution in [3.8, 4) is 0 Å². The van der Waals surface area contributed by atoms with Crippen molar-refractivity contribution < 1.29 is 28.4 Å². The molecule has 2 atom stereocenters. The van der Waals surface area contributed by atoms with E-state index in [2.05, 4.69) is 72.3 Å². The number of ether oxygens (including phenoxy) is 2. The molecule has 1 saturated heterocycles. The smallest absolute Gasteiger partial charge is 0.430 e. The van der Waals surface area contributed by atoms with Crippen LogP contribution in [0.5, 0.6) is 0 Å². The Kier molecular flexibility index (Phi) is 10.4. The normalized spacial score (nSPS) is 18.5. The van der Waals surface area contributed by atoms with E-state index in [1.807, 2.05) is 6.92 Å². The van der Waals surface area contributed by atoms with Gasteiger partial charge in [0.15, 0.2) is 17.3 Å². The van der Waals surface area contributed by atoms with E-state index < -0.39 is 28.4 Å². The van der Waals surface area contributed by atoms with Crippen LogP contribution in [0, 0.1) is 15.5 Å². The van der Waals surface area contributed by atoms with Gasteiger partial charge in [0.2, 0.25) is 5.91 Å². The van der Waals surface area contributed by atoms with Crippen molar-refractivity contribution in [2.45, 2.75) is 105 Å². The van der Waals surface area contributed by atoms with E-state index in [9.17, 15) is 19.7 Å². The summed E-state index contributed by atoms with van der Waals surface area (Å²) in [4.78, 5) is 36.4. The lowest BCUT2D eigenvalue weighted by Crippen LogP contribution is -2.73. The van der Waals surface area contributed by atoms with Gasteiger partial charge in [-0.3, -0.25) is 14.9 Å². The molecular weight excluding hydrogens is 532 g/mol. The summed E-state index contributed by atoms with van der Waals surface area (Å²) < 4.78 is 19.3. The molecule has 1 aromatic carbocycles. The van der Waals surface area contributed by atoms with Crippen molar-refractivity contribution in [1.29, 1.82) is 0 Å². The number of nitro groups is 1. The van der Waals surface area contributed by atoms with Crippen molar-refractivity contribution in [3.63, 3.8) is 0 Å². The fourth-order valence-electron chi connectivity index (χ4n) is 4.53. The molecule has 1 unspecified atom stereocenters. The maximum absolute atomic E-state index is 13.7. The number of rotatable bonds is 10. The van der Waals surface area contributed by atoms with Gasteiger partial charge in [0.25, 0.3) is 5.69 Å². The minimum Gasteiger partial charge on any atom is -0.430 e. The van der Waals surface area contributed by atoms with Gasteiger partial charge in [-0.1, -0.05) is 54.6 Å². The molecule has 1 aliphatic rings. The molecule has 1 aromatic rings. The molecule has 11 heteroatoms. The Balaban J connectivity index is 2.26. The molecular formula is C28H46N2O7Si2. The minimum absolute atomic E-state index is 0.000120. The van der Waals surface area contributed by atoms with Crippen LogP contribution in [0.4, 0.5) is 10.5 Å². The van der Waals surface area contributed by atoms with E-state index >= 15 is 0 Å². The van der Waals surface area contributed by atoms with Gasteiger partial charge in [-0.05, 0) is 60.2 Å². The SMILES string of the molecule is C/C(COC(=O)OCc1ccc([N+](=O)[O-])cc1)=C1\C(=O)N([Si](C)(C)C(C)(C)C)[C@H]1C(CC(C)(C)C)O[SiH](C)C. The molecule has 0 aliphatic carbocycles. The molecule has 0 spiro atoms. The third kappa shape index (κ3) is 8.24. The topological polar surface area (TPSA) is 108 Å². The van der Waals surface area contributed by atoms with E-state index in [0.29, 0.717) is 16.7 Å². The predicted octanol–water partition coefficient (Wildman–Crippen LogP) is 6.59. The van der Waals surface area contributed by atoms with Crippen molar-refractivity contribution in [2.75, 3.05) is 6.61 Å². The highest BCUT2D eigenvalue weighted by Crippen LogP contribution is 2.47. The molecule has 0 saturated carbocycles. The van der Waals surface area contributed by atoms with Gasteiger partial charge >= 0.3 is 6.16 Å². The zero-order valence-electron chi connectivity index (χ0n) is 25.4. The Morgan fingerprint density at radius 1 is 1.10 bits per heavy atom. The summed E-state index contributed by atoms with van der Waals surface area (Å²) in [6, 6.07) is 5.57. The molecule has 0 radical (unpaired) electrons. The van der Waals surface area contributed by atoms with Crippen LogP contribution < -0.4 is 0 Å². The van der Waals surface area contributed by atoms with Gasteiger partial charge in [-0.15, -0.1) is 0 Å². The minimum atomic E-state index is -2.22. The molecule has 2 rings (SSSR count). The molecule has 1 amide bonds. The molecule has 0 bridgehead atoms. The van der Waals surface area contributed by atoms with E-state index in [0.717, 1.165) is 6.42 Å². The molecule has 0 N–H and O–H groups in total. The number of carbonyl (C=O) groups is 2. The van der Waals surface area contributed by atoms with Crippen molar-refractivity contribution >= 4 is 35.0 Å². The van der Waals surface area contributed by atoms with Crippen LogP contribution in [-0.2, 0) is 25.3 Å². The summed E-state index contributed by atoms with van der Waals surface area (Å²) in [6.45, 7) is 23.6. The quantitative estimate of drug-likeness (QED) is 0.0770. The Bertz CT molecular complexity index is 1090. The van der Waals surface area contributed by atoms with Crippen molar-refractivity contribution in [2.24, 2.45) is 5.41 Å². The number of β-lactam (4-membered cyclic amide) rings is 1. The maximum atomic E-state index is 13.7. The average molecular weight is 579 g/mol. The zero-order chi connectivity index (χ0) is 29.9. The standard InChI is InChI=1S/C28H46N2O7Si2/c1-19(17-35-26(32)36-18-20-12-14-21(15-13-20)30(33)34)23-24(22(37-38(8)9)16-27(2,3)4)29(25(23)31)39(10,11)28(5,6)7/h12-15,22,24,38H,16-18H2,1-11H3/b23-19+/t22?,24-/m0/s1. The van der Waals surface area contributed by atoms with Crippen LogP contribution >= 0.6 is 0 Å². The van der Waals surface area contributed by atoms with Crippen LogP contribution in [0.25, 0.3) is 0 Å². The second kappa shape index (κ2) is 12.3. The predicted molar refractivity (Wildman–Crippen MR) is 158 cm³/mol. The number of amides is 1. The highest BCUT2D eigenvalue weighted by atomic mass is 28.3. The third-order valence-electron chi connectivity index (χ3n) is 7.44. The second-order valence-corrected chi connectivity index (χ2v) is 20.8. The fourth-order valence-corrected chi connectivity index (χ4v) is 7.81. The number of hydrogen-bond acceptors (Lipinski definition) is 7. The summed E-state index contributed by atoms with van der Waals surface area (Å²) in [6.07, 6.45) is -0.201. The fraction of sp³-hybridized carbons (Fsp3) is 0.643. The van der Waals surface area contributed by atoms with Crippen LogP contribution in [0.2, 0.25) is 31.2 Å². The zero-order valence-corrected chi connectivity index (χ0v) is 27.6. The summed E-state index contributed by atoms with van der Waals surface area (Å²) in [5.41, 5.74) is 1.94. The first-order valence-corrected chi connectivity index (χ1v) is 19.2. The lowest BCUT2D eigenvalue weighted by molar-refractivity contribution is -0.384.